The standard InChI is InChI=1S/C16H22NO2/c1-13(18)19-16-12-17(9-7-15(16)8-10-17)11-14-5-3-2-4-6-14/h2-6,15-16H,7-12H2,1H3/q+1/t15?,16-,17?/m1/s1. The summed E-state index contributed by atoms with van der Waals surface area (Å²) in [5.74, 6) is 0.469. The molecule has 0 saturated carbocycles. The molecule has 2 bridgehead atoms. The summed E-state index contributed by atoms with van der Waals surface area (Å²) in [4.78, 5) is 11.2. The third-order valence-electron chi connectivity index (χ3n) is 4.72. The van der Waals surface area contributed by atoms with Crippen LogP contribution in [0.25, 0.3) is 0 Å². The Morgan fingerprint density at radius 2 is 1.95 bits per heavy atom. The van der Waals surface area contributed by atoms with Crippen LogP contribution < -0.4 is 0 Å². The van der Waals surface area contributed by atoms with E-state index in [0.29, 0.717) is 5.92 Å². The summed E-state index contributed by atoms with van der Waals surface area (Å²) in [6.07, 6.45) is 2.54. The van der Waals surface area contributed by atoms with Crippen LogP contribution in [0.5, 0.6) is 0 Å². The number of hydrogen-bond acceptors (Lipinski definition) is 2. The molecule has 0 amide bonds. The third kappa shape index (κ3) is 2.66. The zero-order valence-corrected chi connectivity index (χ0v) is 11.5. The maximum Gasteiger partial charge on any atom is 0.303 e. The Balaban J connectivity index is 1.74. The molecule has 3 nitrogen and oxygen atoms in total. The molecule has 3 aliphatic rings. The number of nitrogens with zero attached hydrogens (tertiary/aromatic N) is 1. The maximum atomic E-state index is 11.2. The first-order valence-corrected chi connectivity index (χ1v) is 7.23. The van der Waals surface area contributed by atoms with Gasteiger partial charge in [0, 0.05) is 31.2 Å². The van der Waals surface area contributed by atoms with Gasteiger partial charge in [-0.15, -0.1) is 0 Å². The lowest BCUT2D eigenvalue weighted by atomic mass is 9.83. The Morgan fingerprint density at radius 1 is 1.26 bits per heavy atom. The van der Waals surface area contributed by atoms with Gasteiger partial charge in [-0.25, -0.2) is 0 Å². The van der Waals surface area contributed by atoms with Crippen molar-refractivity contribution in [3.05, 3.63) is 35.9 Å². The number of fused-ring (bicyclic) bond motifs is 3. The van der Waals surface area contributed by atoms with Gasteiger partial charge in [0.15, 0.2) is 6.10 Å². The second-order valence-electron chi connectivity index (χ2n) is 6.10. The molecule has 19 heavy (non-hydrogen) atoms. The average Bonchev–Trinajstić information content (AvgIpc) is 2.40. The molecular formula is C16H22NO2+. The number of quaternary nitrogens is 1. The first-order chi connectivity index (χ1) is 9.17. The Morgan fingerprint density at radius 3 is 2.58 bits per heavy atom. The van der Waals surface area contributed by atoms with Crippen molar-refractivity contribution in [1.82, 2.24) is 0 Å². The summed E-state index contributed by atoms with van der Waals surface area (Å²) in [6, 6.07) is 10.7. The van der Waals surface area contributed by atoms with Gasteiger partial charge in [-0.1, -0.05) is 30.3 Å². The summed E-state index contributed by atoms with van der Waals surface area (Å²) >= 11 is 0. The summed E-state index contributed by atoms with van der Waals surface area (Å²) in [5.41, 5.74) is 1.39. The van der Waals surface area contributed by atoms with E-state index in [1.54, 1.807) is 0 Å². The van der Waals surface area contributed by atoms with Crippen LogP contribution >= 0.6 is 0 Å². The summed E-state index contributed by atoms with van der Waals surface area (Å²) < 4.78 is 6.63. The zero-order chi connectivity index (χ0) is 13.3. The quantitative estimate of drug-likeness (QED) is 0.616. The van der Waals surface area contributed by atoms with E-state index in [1.807, 2.05) is 0 Å². The van der Waals surface area contributed by atoms with E-state index in [-0.39, 0.29) is 12.1 Å². The predicted octanol–water partition coefficient (Wildman–Crippen LogP) is 2.36. The first kappa shape index (κ1) is 12.7. The number of esters is 1. The van der Waals surface area contributed by atoms with E-state index in [4.69, 9.17) is 4.74 Å². The number of carbonyl (C=O) groups excluding carboxylic acids is 1. The molecule has 3 heterocycles. The Bertz CT molecular complexity index is 449. The number of ether oxygens (including phenoxy) is 1. The lowest BCUT2D eigenvalue weighted by Gasteiger charge is -2.52. The Labute approximate surface area is 114 Å². The fourth-order valence-corrected chi connectivity index (χ4v) is 3.76. The summed E-state index contributed by atoms with van der Waals surface area (Å²) in [5, 5.41) is 0. The zero-order valence-electron chi connectivity index (χ0n) is 11.5. The number of hydrogen-bond donors (Lipinski definition) is 0. The minimum Gasteiger partial charge on any atom is -0.456 e. The van der Waals surface area contributed by atoms with Crippen LogP contribution in [0.4, 0.5) is 0 Å². The lowest BCUT2D eigenvalue weighted by molar-refractivity contribution is -0.958. The highest BCUT2D eigenvalue weighted by Crippen LogP contribution is 2.36. The van der Waals surface area contributed by atoms with E-state index in [2.05, 4.69) is 30.3 Å². The molecule has 0 aromatic heterocycles. The average molecular weight is 260 g/mol. The molecule has 0 radical (unpaired) electrons. The first-order valence-electron chi connectivity index (χ1n) is 7.23. The molecule has 3 heteroatoms. The van der Waals surface area contributed by atoms with Crippen LogP contribution in [-0.2, 0) is 16.1 Å². The van der Waals surface area contributed by atoms with Crippen molar-refractivity contribution < 1.29 is 14.0 Å². The molecule has 1 aromatic carbocycles. The maximum absolute atomic E-state index is 11.2. The fraction of sp³-hybridized carbons (Fsp3) is 0.562. The van der Waals surface area contributed by atoms with Crippen LogP contribution in [0.15, 0.2) is 30.3 Å². The molecule has 3 fully saturated rings. The molecule has 0 unspecified atom stereocenters. The fourth-order valence-electron chi connectivity index (χ4n) is 3.76. The largest absolute Gasteiger partial charge is 0.456 e. The molecule has 0 aliphatic carbocycles. The van der Waals surface area contributed by atoms with Crippen molar-refractivity contribution in [2.24, 2.45) is 5.92 Å². The molecular weight excluding hydrogens is 238 g/mol. The Kier molecular flexibility index (Phi) is 3.31. The van der Waals surface area contributed by atoms with Crippen LogP contribution in [0, 0.1) is 5.92 Å². The van der Waals surface area contributed by atoms with Gasteiger partial charge in [0.25, 0.3) is 0 Å². The molecule has 0 spiro atoms. The van der Waals surface area contributed by atoms with Crippen molar-refractivity contribution in [1.29, 1.82) is 0 Å². The number of benzene rings is 1. The third-order valence-corrected chi connectivity index (χ3v) is 4.72. The van der Waals surface area contributed by atoms with Gasteiger partial charge in [0.2, 0.25) is 0 Å². The van der Waals surface area contributed by atoms with Crippen molar-refractivity contribution in [3.63, 3.8) is 0 Å². The van der Waals surface area contributed by atoms with Gasteiger partial charge in [0.1, 0.15) is 13.1 Å². The highest BCUT2D eigenvalue weighted by molar-refractivity contribution is 5.66. The number of piperidine rings is 3. The van der Waals surface area contributed by atoms with Crippen LogP contribution in [-0.4, -0.2) is 36.2 Å². The van der Waals surface area contributed by atoms with Gasteiger partial charge >= 0.3 is 5.97 Å². The summed E-state index contributed by atoms with van der Waals surface area (Å²) in [7, 11) is 0. The SMILES string of the molecule is CC(=O)O[C@@H]1C[N+]2(Cc3ccccc3)CCC1CC2. The summed E-state index contributed by atoms with van der Waals surface area (Å²) in [6.45, 7) is 6.07. The second-order valence-corrected chi connectivity index (χ2v) is 6.10. The minimum absolute atomic E-state index is 0.128. The van der Waals surface area contributed by atoms with E-state index in [9.17, 15) is 4.79 Å². The van der Waals surface area contributed by atoms with E-state index in [1.165, 1.54) is 38.4 Å². The van der Waals surface area contributed by atoms with Crippen molar-refractivity contribution in [2.45, 2.75) is 32.4 Å². The topological polar surface area (TPSA) is 26.3 Å². The molecule has 1 aromatic rings. The number of rotatable bonds is 3. The van der Waals surface area contributed by atoms with Crippen LogP contribution in [0.2, 0.25) is 0 Å². The van der Waals surface area contributed by atoms with Crippen molar-refractivity contribution in [2.75, 3.05) is 19.6 Å². The molecule has 3 aliphatic heterocycles. The van der Waals surface area contributed by atoms with Crippen LogP contribution in [0.3, 0.4) is 0 Å². The van der Waals surface area contributed by atoms with Crippen molar-refractivity contribution >= 4 is 5.97 Å². The highest BCUT2D eigenvalue weighted by Gasteiger charge is 2.47. The highest BCUT2D eigenvalue weighted by atomic mass is 16.5. The normalized spacial score (nSPS) is 33.1. The van der Waals surface area contributed by atoms with E-state index < -0.39 is 0 Å². The lowest BCUT2D eigenvalue weighted by Crippen LogP contribution is -2.63. The number of carbonyl (C=O) groups is 1. The molecule has 4 rings (SSSR count). The Hall–Kier alpha value is -1.35. The van der Waals surface area contributed by atoms with Gasteiger partial charge in [0.05, 0.1) is 13.1 Å². The molecule has 0 N–H and O–H groups in total. The molecule has 3 saturated heterocycles. The smallest absolute Gasteiger partial charge is 0.303 e. The van der Waals surface area contributed by atoms with Crippen LogP contribution in [0.1, 0.15) is 25.3 Å². The van der Waals surface area contributed by atoms with E-state index in [0.717, 1.165) is 17.6 Å². The van der Waals surface area contributed by atoms with Crippen molar-refractivity contribution in [3.8, 4) is 0 Å². The monoisotopic (exact) mass is 260 g/mol. The molecule has 102 valence electrons. The molecule has 1 atom stereocenters. The minimum atomic E-state index is -0.128. The second kappa shape index (κ2) is 4.97. The van der Waals surface area contributed by atoms with Gasteiger partial charge in [-0.05, 0) is 0 Å². The van der Waals surface area contributed by atoms with Gasteiger partial charge < -0.3 is 9.22 Å². The van der Waals surface area contributed by atoms with Gasteiger partial charge in [-0.3, -0.25) is 4.79 Å². The van der Waals surface area contributed by atoms with E-state index >= 15 is 0 Å². The predicted molar refractivity (Wildman–Crippen MR) is 73.3 cm³/mol. The van der Waals surface area contributed by atoms with Gasteiger partial charge in [-0.2, -0.15) is 0 Å².